The van der Waals surface area contributed by atoms with Gasteiger partial charge < -0.3 is 19.6 Å². The second-order valence-corrected chi connectivity index (χ2v) is 13.4. The Hall–Kier alpha value is -2.29. The number of nitrogens with zero attached hydrogens (tertiary/aromatic N) is 2. The number of hydrogen-bond donors (Lipinski definition) is 1. The molecule has 2 fully saturated rings. The van der Waals surface area contributed by atoms with Crippen LogP contribution < -0.4 is 4.90 Å². The highest BCUT2D eigenvalue weighted by Gasteiger charge is 2.74. The topological polar surface area (TPSA) is 87.2 Å². The van der Waals surface area contributed by atoms with Crippen LogP contribution in [0.25, 0.3) is 0 Å². The summed E-state index contributed by atoms with van der Waals surface area (Å²) in [7, 11) is 0. The van der Waals surface area contributed by atoms with E-state index in [0.29, 0.717) is 23.9 Å². The molecule has 1 aromatic rings. The minimum Gasteiger partial charge on any atom is -0.465 e. The summed E-state index contributed by atoms with van der Waals surface area (Å²) in [6.07, 6.45) is 10.6. The van der Waals surface area contributed by atoms with Crippen LogP contribution in [0.15, 0.2) is 48.6 Å². The van der Waals surface area contributed by atoms with E-state index in [9.17, 15) is 19.5 Å². The fourth-order valence-corrected chi connectivity index (χ4v) is 8.83. The van der Waals surface area contributed by atoms with Gasteiger partial charge in [0.05, 0.1) is 35.8 Å². The molecule has 6 atom stereocenters. The van der Waals surface area contributed by atoms with E-state index in [1.165, 1.54) is 11.8 Å². The molecule has 0 saturated carbocycles. The van der Waals surface area contributed by atoms with E-state index in [1.807, 2.05) is 39.0 Å². The number of halogens is 1. The Morgan fingerprint density at radius 1 is 1.08 bits per heavy atom. The lowest BCUT2D eigenvalue weighted by Gasteiger charge is -2.41. The summed E-state index contributed by atoms with van der Waals surface area (Å²) in [4.78, 5) is 45.8. The van der Waals surface area contributed by atoms with Gasteiger partial charge in [0.1, 0.15) is 6.04 Å². The lowest BCUT2D eigenvalue weighted by Crippen LogP contribution is -2.58. The van der Waals surface area contributed by atoms with E-state index < -0.39 is 39.4 Å². The molecule has 1 unspecified atom stereocenters. The van der Waals surface area contributed by atoms with Crippen LogP contribution in [0.5, 0.6) is 0 Å². The van der Waals surface area contributed by atoms with Gasteiger partial charge in [0.15, 0.2) is 0 Å². The molecule has 4 aliphatic heterocycles. The van der Waals surface area contributed by atoms with Crippen molar-refractivity contribution in [2.24, 2.45) is 17.8 Å². The number of esters is 1. The normalized spacial score (nSPS) is 34.9. The van der Waals surface area contributed by atoms with Gasteiger partial charge in [-0.1, -0.05) is 49.8 Å². The third kappa shape index (κ3) is 4.29. The summed E-state index contributed by atoms with van der Waals surface area (Å²) in [6, 6.07) is 5.59. The van der Waals surface area contributed by atoms with E-state index in [0.717, 1.165) is 19.3 Å². The standard InChI is InChI=1S/C29H35ClN2O5S/c1-18(2)21(17-33)32-24-26(35)31(20-11-9-19(30)10-12-20)15-8-14-29(24)22(25(32)34)23-27(36)37-16-7-5-4-6-13-28(23,3)38-29/h6,8-14,18,21-24,33H,4-5,7,15-17H2,1-3H3/b13-6-/t21-,22-,23-,24?,28+,29-/m0/s1. The van der Waals surface area contributed by atoms with Crippen LogP contribution in [0, 0.1) is 17.8 Å². The van der Waals surface area contributed by atoms with Gasteiger partial charge >= 0.3 is 5.97 Å². The summed E-state index contributed by atoms with van der Waals surface area (Å²) in [5.41, 5.74) is 0.676. The Kier molecular flexibility index (Phi) is 7.44. The number of hydrogen-bond acceptors (Lipinski definition) is 6. The molecule has 0 bridgehead atoms. The summed E-state index contributed by atoms with van der Waals surface area (Å²) >= 11 is 7.63. The molecular formula is C29H35ClN2O5S. The Bertz CT molecular complexity index is 1170. The highest BCUT2D eigenvalue weighted by atomic mass is 35.5. The van der Waals surface area contributed by atoms with Crippen LogP contribution in [0.3, 0.4) is 0 Å². The number of carbonyl (C=O) groups excluding carboxylic acids is 3. The lowest BCUT2D eigenvalue weighted by molar-refractivity contribution is -0.155. The number of allylic oxidation sites excluding steroid dienone is 1. The second kappa shape index (κ2) is 10.4. The van der Waals surface area contributed by atoms with E-state index in [2.05, 4.69) is 6.08 Å². The molecule has 5 rings (SSSR count). The van der Waals surface area contributed by atoms with Crippen LogP contribution in [0.4, 0.5) is 5.69 Å². The quantitative estimate of drug-likeness (QED) is 0.439. The monoisotopic (exact) mass is 558 g/mol. The molecule has 1 aromatic carbocycles. The SMILES string of the molecule is CC(C)[C@H](CO)N1C(=O)[C@@H]2[C@H]3C(=O)OCCCC/C=C\[C@@]3(C)S[C@@]23C=CCN(c2ccc(Cl)cc2)C(=O)C13. The van der Waals surface area contributed by atoms with Gasteiger partial charge in [-0.3, -0.25) is 14.4 Å². The summed E-state index contributed by atoms with van der Waals surface area (Å²) in [5, 5.41) is 11.0. The molecule has 0 aromatic heterocycles. The van der Waals surface area contributed by atoms with Crippen molar-refractivity contribution in [1.82, 2.24) is 4.90 Å². The number of amides is 2. The van der Waals surface area contributed by atoms with E-state index >= 15 is 0 Å². The first-order valence-corrected chi connectivity index (χ1v) is 14.6. The van der Waals surface area contributed by atoms with Crippen molar-refractivity contribution < 1.29 is 24.2 Å². The van der Waals surface area contributed by atoms with Gasteiger partial charge in [-0.05, 0) is 56.4 Å². The molecule has 1 spiro atoms. The summed E-state index contributed by atoms with van der Waals surface area (Å²) < 4.78 is 4.00. The highest BCUT2D eigenvalue weighted by molar-refractivity contribution is 8.02. The van der Waals surface area contributed by atoms with Crippen molar-refractivity contribution in [3.63, 3.8) is 0 Å². The highest BCUT2D eigenvalue weighted by Crippen LogP contribution is 2.65. The second-order valence-electron chi connectivity index (χ2n) is 11.1. The van der Waals surface area contributed by atoms with E-state index in [4.69, 9.17) is 16.3 Å². The molecule has 1 N–H and O–H groups in total. The van der Waals surface area contributed by atoms with Crippen molar-refractivity contribution in [3.05, 3.63) is 53.6 Å². The Morgan fingerprint density at radius 3 is 2.50 bits per heavy atom. The molecule has 9 heteroatoms. The first-order chi connectivity index (χ1) is 18.1. The average Bonchev–Trinajstić information content (AvgIpc) is 3.20. The fraction of sp³-hybridized carbons (Fsp3) is 0.552. The maximum atomic E-state index is 14.5. The predicted octanol–water partition coefficient (Wildman–Crippen LogP) is 4.23. The van der Waals surface area contributed by atoms with E-state index in [1.54, 1.807) is 34.1 Å². The van der Waals surface area contributed by atoms with Crippen LogP contribution in [-0.2, 0) is 19.1 Å². The van der Waals surface area contributed by atoms with E-state index in [-0.39, 0.29) is 24.3 Å². The Morgan fingerprint density at radius 2 is 1.82 bits per heavy atom. The maximum absolute atomic E-state index is 14.5. The Balaban J connectivity index is 1.68. The molecular weight excluding hydrogens is 524 g/mol. The summed E-state index contributed by atoms with van der Waals surface area (Å²) in [6.45, 7) is 6.20. The molecule has 38 heavy (non-hydrogen) atoms. The average molecular weight is 559 g/mol. The minimum absolute atomic E-state index is 0.101. The zero-order chi connectivity index (χ0) is 27.2. The third-order valence-electron chi connectivity index (χ3n) is 8.39. The van der Waals surface area contributed by atoms with Gasteiger partial charge in [0, 0.05) is 22.0 Å². The molecule has 4 heterocycles. The number of cyclic esters (lactones) is 1. The number of rotatable bonds is 4. The zero-order valence-electron chi connectivity index (χ0n) is 22.0. The largest absolute Gasteiger partial charge is 0.465 e. The van der Waals surface area contributed by atoms with Crippen LogP contribution >= 0.6 is 23.4 Å². The number of aliphatic hydroxyl groups is 1. The van der Waals surface area contributed by atoms with Crippen molar-refractivity contribution in [2.75, 3.05) is 24.7 Å². The van der Waals surface area contributed by atoms with Crippen molar-refractivity contribution in [2.45, 2.75) is 61.6 Å². The fourth-order valence-electron chi connectivity index (χ4n) is 6.57. The number of likely N-dealkylation sites (tertiary alicyclic amines) is 1. The maximum Gasteiger partial charge on any atom is 0.311 e. The molecule has 4 aliphatic rings. The number of fused-ring (bicyclic) bond motifs is 2. The third-order valence-corrected chi connectivity index (χ3v) is 10.4. The number of aliphatic hydroxyl groups excluding tert-OH is 1. The van der Waals surface area contributed by atoms with Gasteiger partial charge in [-0.2, -0.15) is 0 Å². The minimum atomic E-state index is -0.992. The lowest BCUT2D eigenvalue weighted by atomic mass is 9.74. The summed E-state index contributed by atoms with van der Waals surface area (Å²) in [5.74, 6) is -2.56. The number of benzene rings is 1. The number of anilines is 1. The van der Waals surface area contributed by atoms with Crippen molar-refractivity contribution >= 4 is 46.8 Å². The van der Waals surface area contributed by atoms with Crippen LogP contribution in [0.1, 0.15) is 40.0 Å². The van der Waals surface area contributed by atoms with Crippen LogP contribution in [0.2, 0.25) is 5.02 Å². The van der Waals surface area contributed by atoms with Gasteiger partial charge in [-0.15, -0.1) is 11.8 Å². The zero-order valence-corrected chi connectivity index (χ0v) is 23.6. The van der Waals surface area contributed by atoms with Crippen LogP contribution in [-0.4, -0.2) is 69.1 Å². The molecule has 2 amide bonds. The molecule has 0 aliphatic carbocycles. The first kappa shape index (κ1) is 27.3. The predicted molar refractivity (Wildman–Crippen MR) is 149 cm³/mol. The van der Waals surface area contributed by atoms with Crippen molar-refractivity contribution in [1.29, 1.82) is 0 Å². The number of carbonyl (C=O) groups is 3. The Labute approximate surface area is 233 Å². The molecule has 204 valence electrons. The number of ether oxygens (including phenoxy) is 1. The smallest absolute Gasteiger partial charge is 0.311 e. The van der Waals surface area contributed by atoms with Gasteiger partial charge in [0.25, 0.3) is 5.91 Å². The number of thioether (sulfide) groups is 1. The van der Waals surface area contributed by atoms with Gasteiger partial charge in [0.2, 0.25) is 5.91 Å². The van der Waals surface area contributed by atoms with Crippen molar-refractivity contribution in [3.8, 4) is 0 Å². The molecule has 2 saturated heterocycles. The molecule has 0 radical (unpaired) electrons. The van der Waals surface area contributed by atoms with Gasteiger partial charge in [-0.25, -0.2) is 0 Å². The first-order valence-electron chi connectivity index (χ1n) is 13.4. The molecule has 7 nitrogen and oxygen atoms in total.